The van der Waals surface area contributed by atoms with Gasteiger partial charge in [0.2, 0.25) is 7.57 Å². The second kappa shape index (κ2) is 40.5. The van der Waals surface area contributed by atoms with E-state index in [0.29, 0.717) is 0 Å². The summed E-state index contributed by atoms with van der Waals surface area (Å²) in [6.45, 7) is 7.03. The van der Waals surface area contributed by atoms with Gasteiger partial charge in [-0.3, -0.25) is 22.7 Å². The molecule has 0 bridgehead atoms. The quantitative estimate of drug-likeness (QED) is 0.0244. The van der Waals surface area contributed by atoms with Gasteiger partial charge in [0.25, 0.3) is 7.47 Å². The predicted molar refractivity (Wildman–Crippen MR) is 334 cm³/mol. The van der Waals surface area contributed by atoms with Crippen LogP contribution in [0.2, 0.25) is 0 Å². The monoisotopic (exact) mass is 1690 g/mol. The summed E-state index contributed by atoms with van der Waals surface area (Å²) in [5.41, 5.74) is 0. The first kappa shape index (κ1) is 96.4. The van der Waals surface area contributed by atoms with Crippen molar-refractivity contribution in [3.8, 4) is 0 Å². The summed E-state index contributed by atoms with van der Waals surface area (Å²) in [5.74, 6) is -1.55. The van der Waals surface area contributed by atoms with Crippen molar-refractivity contribution >= 4 is 154 Å². The molecule has 6 aliphatic rings. The van der Waals surface area contributed by atoms with Gasteiger partial charge in [0.15, 0.2) is 0 Å². The van der Waals surface area contributed by atoms with Gasteiger partial charge in [0.1, 0.15) is 69.8 Å². The number of ether oxygens (including phenoxy) is 6. The molecule has 42 nitrogen and oxygen atoms in total. The number of phosphoric ester groups is 3. The van der Waals surface area contributed by atoms with Crippen molar-refractivity contribution in [1.29, 1.82) is 0 Å². The minimum Gasteiger partial charge on any atom is -0.390 e. The maximum atomic E-state index is 11.6. The molecule has 3 unspecified atom stereocenters. The van der Waals surface area contributed by atoms with Crippen molar-refractivity contribution in [2.75, 3.05) is 46.3 Å². The Kier molecular flexibility index (Phi) is 40.7. The number of hydrogen-bond acceptors (Lipinski definition) is 30. The molecule has 0 aromatic heterocycles. The zero-order valence-corrected chi connectivity index (χ0v) is 62.2. The van der Waals surface area contributed by atoms with Crippen LogP contribution in [0.15, 0.2) is 0 Å². The summed E-state index contributed by atoms with van der Waals surface area (Å²) in [7, 11) is 1.16. The predicted octanol–water partition coefficient (Wildman–Crippen LogP) is -4.97. The molecule has 0 saturated carbocycles. The van der Waals surface area contributed by atoms with Gasteiger partial charge in [0.05, 0.1) is 68.4 Å². The smallest absolute Gasteiger partial charge is 0.390 e. The number of halogens is 1. The third-order valence-corrected chi connectivity index (χ3v) is 24.9. The largest absolute Gasteiger partial charge is 0.476 e. The van der Waals surface area contributed by atoms with Gasteiger partial charge >= 0.3 is 159 Å². The van der Waals surface area contributed by atoms with Gasteiger partial charge in [-0.05, 0) is 0 Å². The Morgan fingerprint density at radius 3 is 0.771 bits per heavy atom. The Balaban J connectivity index is 0.000000578. The second-order valence-electron chi connectivity index (χ2n) is 21.3. The van der Waals surface area contributed by atoms with E-state index in [4.69, 9.17) is 151 Å². The number of phosphoric acid groups is 6. The molecule has 0 aromatic carbocycles. The fourth-order valence-electron chi connectivity index (χ4n) is 7.89. The first-order valence-corrected chi connectivity index (χ1v) is 44.3. The van der Waals surface area contributed by atoms with Crippen LogP contribution in [0.5, 0.6) is 0 Å². The summed E-state index contributed by atoms with van der Waals surface area (Å²) in [6, 6.07) is -4.02. The summed E-state index contributed by atoms with van der Waals surface area (Å²) in [6.07, 6.45) is -14.2. The minimum absolute atomic E-state index is 0.277. The van der Waals surface area contributed by atoms with Crippen molar-refractivity contribution in [3.63, 3.8) is 0 Å². The first-order valence-electron chi connectivity index (χ1n) is 26.8. The summed E-state index contributed by atoms with van der Waals surface area (Å²) >= 11 is 5.11. The normalized spacial score (nSPS) is 37.5. The second-order valence-corrected chi connectivity index (χ2v) is 38.2. The fourth-order valence-corrected chi connectivity index (χ4v) is 16.9. The molecule has 6 rings (SSSR count). The van der Waals surface area contributed by atoms with Crippen LogP contribution in [0.25, 0.3) is 0 Å². The topological polar surface area (TPSA) is 659 Å². The molecular weight excluding hydrogens is 1620 g/mol. The zero-order chi connectivity index (χ0) is 75.2. The van der Waals surface area contributed by atoms with Crippen LogP contribution >= 0.6 is 84.1 Å². The average molecular weight is 1690 g/mol. The van der Waals surface area contributed by atoms with Crippen LogP contribution < -0.4 is 0 Å². The van der Waals surface area contributed by atoms with Crippen molar-refractivity contribution < 1.29 is 199 Å². The minimum atomic E-state index is -5.03. The van der Waals surface area contributed by atoms with E-state index in [1.54, 1.807) is 34.6 Å². The molecular formula is C36H73B7BrO42P9Se. The molecule has 14 radical (unpaired) electrons. The van der Waals surface area contributed by atoms with Gasteiger partial charge in [-0.25, -0.2) is 31.4 Å². The van der Waals surface area contributed by atoms with Crippen LogP contribution in [0, 0.1) is 29.6 Å². The summed E-state index contributed by atoms with van der Waals surface area (Å²) in [4.78, 5) is 110. The Hall–Kier alpha value is 2.36. The van der Waals surface area contributed by atoms with Gasteiger partial charge in [-0.1, -0.05) is 43.6 Å². The summed E-state index contributed by atoms with van der Waals surface area (Å²) in [5, 5.41) is 57.4. The average Bonchev–Trinajstić information content (AvgIpc) is 1.63. The molecule has 0 amide bonds. The van der Waals surface area contributed by atoms with E-state index >= 15 is 0 Å². The molecule has 19 N–H and O–H groups in total. The number of aliphatic hydroxyl groups is 6. The van der Waals surface area contributed by atoms with Crippen LogP contribution in [-0.4, -0.2) is 324 Å². The molecule has 0 spiro atoms. The summed E-state index contributed by atoms with van der Waals surface area (Å²) < 4.78 is 155. The van der Waals surface area contributed by atoms with Crippen LogP contribution in [0.3, 0.4) is 0 Å². The SMILES string of the molecule is [B][C@@H]1O[C@H](COP(=O)(O)O)[C@@H](O)[C@H]1Br.[B][C@@H]1O[C@H](COP(=O)(O)O)[C@@H](O)[C@H]1C.[B][C@@H]1O[C@H](COP(=O)(O)O)[C@@H](O)[C@H]1C.[B][C@@H]1O[C@H](COP(C)(=O)OP(=O)(O)O)[C@@H](O)[C@H]1C.[B][C@@H]1O[C@H](COP(O)(=[Se])OP(=O)(O)O)[C@@H](O)[C@H]1C.[B][C@@H]1O[C@H](COP([B])(=O)OP(=O)(O)O)[C@@H](O)[C@H]1C. The van der Waals surface area contributed by atoms with E-state index in [9.17, 15) is 72.1 Å². The number of alkyl halides is 1. The van der Waals surface area contributed by atoms with Crippen LogP contribution in [0.4, 0.5) is 0 Å². The molecule has 60 heteroatoms. The maximum Gasteiger partial charge on any atom is 0.476 e. The fraction of sp³-hybridized carbons (Fsp3) is 1.00. The third kappa shape index (κ3) is 37.8. The van der Waals surface area contributed by atoms with Crippen molar-refractivity contribution in [2.45, 2.75) is 149 Å². The maximum absolute atomic E-state index is 11.6. The molecule has 6 aliphatic heterocycles. The standard InChI is InChI=1S/C7H15BO8P2.C6H12B2O8P2.C6H13BO8P2Se.2C6H12BO6P.C5H9BBrO6P/c1-4-6(9)5(15-7(4)8)3-14-17(2,10)16-18(11,12)13;1-3-5(9)4(15-6(3)7)2-14-17(8,10)16-18(11,12)13;1-3-5(8)4(14-6(3)7)2-13-17(12,18)15-16(9,10)11;2*1-3-5(8)4(13-6(3)7)2-12-14(9,10)11;6-5-3(7)4(8)2(13-5)1-12-14(9,10)11/h4-7,9H,3H2,1-2H3,(H2,11,12,13);3-6,9H,2H2,1H3,(H2,11,12,13);3-6,8H,2H2,1H3,(H,12,18)(H2,9,10,11);2*3-6,8H,2H2,1H3,(H2,9,10,11);2-5,8H,1H2,(H2,9,10,11)/t4-,5-,6+,7-,17?;2*3-,4-,5+,6-,17?;2*3-,4-,5+,6-;2-,3-,4-,5-/m111111/s1. The Labute approximate surface area is 574 Å². The van der Waals surface area contributed by atoms with Gasteiger partial charge in [0, 0.05) is 60.4 Å². The van der Waals surface area contributed by atoms with E-state index in [1.807, 2.05) is 15.1 Å². The van der Waals surface area contributed by atoms with E-state index in [2.05, 4.69) is 47.0 Å². The van der Waals surface area contributed by atoms with E-state index in [-0.39, 0.29) is 56.0 Å². The van der Waals surface area contributed by atoms with Crippen molar-refractivity contribution in [1.82, 2.24) is 0 Å². The van der Waals surface area contributed by atoms with Gasteiger partial charge in [-0.15, -0.1) is 0 Å². The van der Waals surface area contributed by atoms with Crippen molar-refractivity contribution in [3.05, 3.63) is 0 Å². The molecule has 0 aliphatic carbocycles. The molecule has 6 fully saturated rings. The number of rotatable bonds is 24. The third-order valence-electron chi connectivity index (χ3n) is 13.4. The molecule has 27 atom stereocenters. The molecule has 548 valence electrons. The van der Waals surface area contributed by atoms with Gasteiger partial charge < -0.3 is 107 Å². The molecule has 6 heterocycles. The molecule has 0 aromatic rings. The van der Waals surface area contributed by atoms with E-state index in [1.165, 1.54) is 0 Å². The Morgan fingerprint density at radius 2 is 0.562 bits per heavy atom. The number of aliphatic hydroxyl groups excluding tert-OH is 6. The van der Waals surface area contributed by atoms with E-state index < -0.39 is 196 Å². The Bertz CT molecular complexity index is 2540. The van der Waals surface area contributed by atoms with Crippen molar-refractivity contribution in [2.24, 2.45) is 29.6 Å². The van der Waals surface area contributed by atoms with Gasteiger partial charge in [-0.2, -0.15) is 0 Å². The van der Waals surface area contributed by atoms with Crippen LogP contribution in [0.1, 0.15) is 34.6 Å². The van der Waals surface area contributed by atoms with Crippen LogP contribution in [-0.2, 0) is 105 Å². The zero-order valence-electron chi connectivity index (χ0n) is 50.8. The number of hydrogen-bond donors (Lipinski definition) is 19. The molecule has 6 saturated heterocycles. The Morgan fingerprint density at radius 1 is 0.344 bits per heavy atom. The van der Waals surface area contributed by atoms with E-state index in [0.717, 1.165) is 6.66 Å². The molecule has 96 heavy (non-hydrogen) atoms. The first-order chi connectivity index (χ1) is 43.0.